The predicted octanol–water partition coefficient (Wildman–Crippen LogP) is 2.27. The molecule has 0 spiro atoms. The molecule has 2 rings (SSSR count). The number of carbonyl (C=O) groups is 1. The van der Waals surface area contributed by atoms with Gasteiger partial charge in [0.1, 0.15) is 0 Å². The van der Waals surface area contributed by atoms with Crippen LogP contribution < -0.4 is 5.32 Å². The Labute approximate surface area is 116 Å². The van der Waals surface area contributed by atoms with Crippen molar-refractivity contribution in [1.29, 1.82) is 0 Å². The summed E-state index contributed by atoms with van der Waals surface area (Å²) in [6, 6.07) is 1.46. The number of rotatable bonds is 3. The summed E-state index contributed by atoms with van der Waals surface area (Å²) in [6.07, 6.45) is 4.76. The lowest BCUT2D eigenvalue weighted by Crippen LogP contribution is -2.27. The molecule has 0 saturated heterocycles. The minimum atomic E-state index is -0.219. The predicted molar refractivity (Wildman–Crippen MR) is 73.1 cm³/mol. The smallest absolute Gasteiger partial charge is 0.253 e. The van der Waals surface area contributed by atoms with Crippen molar-refractivity contribution in [1.82, 2.24) is 20.1 Å². The normalized spacial score (nSPS) is 12.2. The van der Waals surface area contributed by atoms with Crippen LogP contribution >= 0.6 is 11.6 Å². The third-order valence-electron chi connectivity index (χ3n) is 3.10. The molecule has 0 aliphatic rings. The number of aromatic nitrogens is 3. The van der Waals surface area contributed by atoms with E-state index in [1.54, 1.807) is 23.1 Å². The molecule has 2 aromatic heterocycles. The van der Waals surface area contributed by atoms with Crippen molar-refractivity contribution in [3.8, 4) is 0 Å². The summed E-state index contributed by atoms with van der Waals surface area (Å²) in [5, 5.41) is 7.41. The third kappa shape index (κ3) is 2.76. The first-order valence-corrected chi connectivity index (χ1v) is 6.27. The molecule has 0 aliphatic heterocycles. The second-order valence-corrected chi connectivity index (χ2v) is 4.77. The van der Waals surface area contributed by atoms with Gasteiger partial charge in [0.25, 0.3) is 5.91 Å². The van der Waals surface area contributed by atoms with E-state index in [9.17, 15) is 4.79 Å². The van der Waals surface area contributed by atoms with Gasteiger partial charge >= 0.3 is 0 Å². The Morgan fingerprint density at radius 3 is 2.79 bits per heavy atom. The number of nitrogens with one attached hydrogen (secondary N) is 1. The number of halogens is 1. The van der Waals surface area contributed by atoms with E-state index in [1.165, 1.54) is 6.20 Å². The van der Waals surface area contributed by atoms with Gasteiger partial charge in [-0.05, 0) is 19.9 Å². The van der Waals surface area contributed by atoms with E-state index in [0.717, 1.165) is 11.3 Å². The van der Waals surface area contributed by atoms with Crippen LogP contribution in [0.1, 0.15) is 34.6 Å². The molecular weight excluding hydrogens is 264 g/mol. The second kappa shape index (κ2) is 5.40. The maximum absolute atomic E-state index is 12.1. The molecule has 5 nitrogen and oxygen atoms in total. The summed E-state index contributed by atoms with van der Waals surface area (Å²) >= 11 is 5.94. The van der Waals surface area contributed by atoms with Crippen molar-refractivity contribution in [3.05, 3.63) is 46.5 Å². The van der Waals surface area contributed by atoms with Gasteiger partial charge in [-0.25, -0.2) is 0 Å². The topological polar surface area (TPSA) is 59.8 Å². The van der Waals surface area contributed by atoms with Crippen LogP contribution in [0, 0.1) is 6.92 Å². The second-order valence-electron chi connectivity index (χ2n) is 4.36. The fourth-order valence-electron chi connectivity index (χ4n) is 1.85. The molecule has 0 saturated carbocycles. The zero-order chi connectivity index (χ0) is 14.0. The van der Waals surface area contributed by atoms with Gasteiger partial charge in [0.2, 0.25) is 0 Å². The van der Waals surface area contributed by atoms with E-state index in [2.05, 4.69) is 15.4 Å². The molecule has 6 heteroatoms. The van der Waals surface area contributed by atoms with Gasteiger partial charge in [0, 0.05) is 30.7 Å². The lowest BCUT2D eigenvalue weighted by molar-refractivity contribution is 0.0940. The number of amides is 1. The van der Waals surface area contributed by atoms with Crippen molar-refractivity contribution in [2.24, 2.45) is 7.05 Å². The van der Waals surface area contributed by atoms with E-state index in [4.69, 9.17) is 11.6 Å². The number of hydrogen-bond acceptors (Lipinski definition) is 3. The molecule has 2 aromatic rings. The van der Waals surface area contributed by atoms with Crippen molar-refractivity contribution in [2.75, 3.05) is 0 Å². The highest BCUT2D eigenvalue weighted by Gasteiger charge is 2.17. The fraction of sp³-hybridized carbons (Fsp3) is 0.308. The average Bonchev–Trinajstić information content (AvgIpc) is 2.70. The summed E-state index contributed by atoms with van der Waals surface area (Å²) in [4.78, 5) is 16.0. The highest BCUT2D eigenvalue weighted by molar-refractivity contribution is 6.33. The molecule has 100 valence electrons. The van der Waals surface area contributed by atoms with Crippen LogP contribution in [-0.2, 0) is 7.05 Å². The van der Waals surface area contributed by atoms with Crippen molar-refractivity contribution in [3.63, 3.8) is 0 Å². The molecular formula is C13H15ClN4O. The standard InChI is InChI=1S/C13H15ClN4O/c1-8(11-6-16-18(3)9(11)2)17-13(19)10-4-5-15-7-12(10)14/h4-8H,1-3H3,(H,17,19). The van der Waals surface area contributed by atoms with Crippen LogP contribution in [0.3, 0.4) is 0 Å². The SMILES string of the molecule is Cc1c(C(C)NC(=O)c2ccncc2Cl)cnn1C. The minimum absolute atomic E-state index is 0.134. The highest BCUT2D eigenvalue weighted by atomic mass is 35.5. The van der Waals surface area contributed by atoms with Crippen LogP contribution in [0.4, 0.5) is 0 Å². The summed E-state index contributed by atoms with van der Waals surface area (Å²) in [5.41, 5.74) is 2.43. The van der Waals surface area contributed by atoms with Crippen LogP contribution in [0.15, 0.2) is 24.7 Å². The van der Waals surface area contributed by atoms with Crippen molar-refractivity contribution < 1.29 is 4.79 Å². The van der Waals surface area contributed by atoms with Gasteiger partial charge in [-0.2, -0.15) is 5.10 Å². The minimum Gasteiger partial charge on any atom is -0.345 e. The number of pyridine rings is 1. The van der Waals surface area contributed by atoms with Gasteiger partial charge in [0.15, 0.2) is 0 Å². The van der Waals surface area contributed by atoms with Gasteiger partial charge in [-0.1, -0.05) is 11.6 Å². The van der Waals surface area contributed by atoms with E-state index < -0.39 is 0 Å². The number of aryl methyl sites for hydroxylation is 1. The van der Waals surface area contributed by atoms with Crippen LogP contribution in [0.2, 0.25) is 5.02 Å². The quantitative estimate of drug-likeness (QED) is 0.937. The monoisotopic (exact) mass is 278 g/mol. The maximum Gasteiger partial charge on any atom is 0.253 e. The molecule has 0 radical (unpaired) electrons. The zero-order valence-corrected chi connectivity index (χ0v) is 11.8. The first-order chi connectivity index (χ1) is 9.00. The Bertz CT molecular complexity index is 608. The van der Waals surface area contributed by atoms with E-state index in [-0.39, 0.29) is 11.9 Å². The van der Waals surface area contributed by atoms with Crippen molar-refractivity contribution >= 4 is 17.5 Å². The molecule has 19 heavy (non-hydrogen) atoms. The fourth-order valence-corrected chi connectivity index (χ4v) is 2.06. The Kier molecular flexibility index (Phi) is 3.85. The third-order valence-corrected chi connectivity index (χ3v) is 3.41. The Morgan fingerprint density at radius 2 is 2.21 bits per heavy atom. The van der Waals surface area contributed by atoms with E-state index in [0.29, 0.717) is 10.6 Å². The number of carbonyl (C=O) groups excluding carboxylic acids is 1. The first-order valence-electron chi connectivity index (χ1n) is 5.89. The molecule has 0 aromatic carbocycles. The van der Waals surface area contributed by atoms with E-state index in [1.807, 2.05) is 20.9 Å². The lowest BCUT2D eigenvalue weighted by atomic mass is 10.1. The molecule has 2 heterocycles. The Balaban J connectivity index is 2.16. The van der Waals surface area contributed by atoms with Gasteiger partial charge in [-0.15, -0.1) is 0 Å². The first kappa shape index (κ1) is 13.5. The van der Waals surface area contributed by atoms with Crippen molar-refractivity contribution in [2.45, 2.75) is 19.9 Å². The number of hydrogen-bond donors (Lipinski definition) is 1. The number of nitrogens with zero attached hydrogens (tertiary/aromatic N) is 3. The molecule has 1 amide bonds. The van der Waals surface area contributed by atoms with Crippen LogP contribution in [-0.4, -0.2) is 20.7 Å². The lowest BCUT2D eigenvalue weighted by Gasteiger charge is -2.14. The highest BCUT2D eigenvalue weighted by Crippen LogP contribution is 2.18. The molecule has 0 bridgehead atoms. The molecule has 1 atom stereocenters. The summed E-state index contributed by atoms with van der Waals surface area (Å²) in [7, 11) is 1.87. The molecule has 1 N–H and O–H groups in total. The maximum atomic E-state index is 12.1. The molecule has 0 fully saturated rings. The Morgan fingerprint density at radius 1 is 1.47 bits per heavy atom. The summed E-state index contributed by atoms with van der Waals surface area (Å²) in [6.45, 7) is 3.88. The molecule has 1 unspecified atom stereocenters. The summed E-state index contributed by atoms with van der Waals surface area (Å²) < 4.78 is 1.78. The summed E-state index contributed by atoms with van der Waals surface area (Å²) in [5.74, 6) is -0.219. The average molecular weight is 279 g/mol. The van der Waals surface area contributed by atoms with Crippen LogP contribution in [0.5, 0.6) is 0 Å². The molecule has 0 aliphatic carbocycles. The van der Waals surface area contributed by atoms with Gasteiger partial charge < -0.3 is 5.32 Å². The zero-order valence-electron chi connectivity index (χ0n) is 11.0. The van der Waals surface area contributed by atoms with Gasteiger partial charge in [0.05, 0.1) is 22.8 Å². The largest absolute Gasteiger partial charge is 0.345 e. The van der Waals surface area contributed by atoms with E-state index >= 15 is 0 Å². The van der Waals surface area contributed by atoms with Crippen LogP contribution in [0.25, 0.3) is 0 Å². The Hall–Kier alpha value is -1.88. The van der Waals surface area contributed by atoms with Gasteiger partial charge in [-0.3, -0.25) is 14.5 Å².